The van der Waals surface area contributed by atoms with Crippen LogP contribution in [0.4, 0.5) is 0 Å². The SMILES string of the molecule is CC(C)OCC(=O)NC[C@H](C)O. The molecule has 12 heavy (non-hydrogen) atoms. The normalized spacial score (nSPS) is 13.1. The number of aliphatic hydroxyl groups is 1. The molecule has 0 aromatic heterocycles. The van der Waals surface area contributed by atoms with Crippen LogP contribution in [0.25, 0.3) is 0 Å². The molecule has 1 atom stereocenters. The predicted molar refractivity (Wildman–Crippen MR) is 45.8 cm³/mol. The molecule has 0 aromatic carbocycles. The van der Waals surface area contributed by atoms with Gasteiger partial charge in [-0.25, -0.2) is 0 Å². The summed E-state index contributed by atoms with van der Waals surface area (Å²) in [4.78, 5) is 10.9. The molecule has 0 radical (unpaired) electrons. The Morgan fingerprint density at radius 2 is 2.08 bits per heavy atom. The van der Waals surface area contributed by atoms with Gasteiger partial charge in [-0.2, -0.15) is 0 Å². The van der Waals surface area contributed by atoms with Crippen molar-refractivity contribution in [3.63, 3.8) is 0 Å². The first-order valence-corrected chi connectivity index (χ1v) is 4.08. The Hall–Kier alpha value is -0.610. The van der Waals surface area contributed by atoms with Crippen LogP contribution in [0, 0.1) is 0 Å². The molecule has 0 aliphatic heterocycles. The third kappa shape index (κ3) is 7.50. The third-order valence-electron chi connectivity index (χ3n) is 1.14. The number of carbonyl (C=O) groups is 1. The second-order valence-corrected chi connectivity index (χ2v) is 3.01. The zero-order valence-corrected chi connectivity index (χ0v) is 7.83. The standard InChI is InChI=1S/C8H17NO3/c1-6(2)12-5-8(11)9-4-7(3)10/h6-7,10H,4-5H2,1-3H3,(H,9,11)/t7-/m0/s1. The molecule has 0 spiro atoms. The summed E-state index contributed by atoms with van der Waals surface area (Å²) >= 11 is 0. The fourth-order valence-corrected chi connectivity index (χ4v) is 0.555. The van der Waals surface area contributed by atoms with Gasteiger partial charge in [0.25, 0.3) is 0 Å². The molecule has 0 saturated heterocycles. The number of ether oxygens (including phenoxy) is 1. The lowest BCUT2D eigenvalue weighted by Crippen LogP contribution is -2.33. The molecular weight excluding hydrogens is 158 g/mol. The van der Waals surface area contributed by atoms with Crippen molar-refractivity contribution in [1.82, 2.24) is 5.32 Å². The molecule has 0 fully saturated rings. The first-order chi connectivity index (χ1) is 5.52. The van der Waals surface area contributed by atoms with Gasteiger partial charge in [0.05, 0.1) is 12.2 Å². The van der Waals surface area contributed by atoms with Crippen molar-refractivity contribution in [3.05, 3.63) is 0 Å². The zero-order valence-electron chi connectivity index (χ0n) is 7.83. The van der Waals surface area contributed by atoms with Gasteiger partial charge >= 0.3 is 0 Å². The van der Waals surface area contributed by atoms with Crippen LogP contribution in [0.3, 0.4) is 0 Å². The Labute approximate surface area is 72.9 Å². The van der Waals surface area contributed by atoms with E-state index in [0.29, 0.717) is 0 Å². The van der Waals surface area contributed by atoms with Crippen LogP contribution >= 0.6 is 0 Å². The van der Waals surface area contributed by atoms with Crippen LogP contribution in [-0.2, 0) is 9.53 Å². The quantitative estimate of drug-likeness (QED) is 0.614. The summed E-state index contributed by atoms with van der Waals surface area (Å²) in [5, 5.41) is 11.3. The maximum absolute atomic E-state index is 10.9. The number of nitrogens with one attached hydrogen (secondary N) is 1. The van der Waals surface area contributed by atoms with Crippen LogP contribution in [0.2, 0.25) is 0 Å². The molecule has 4 nitrogen and oxygen atoms in total. The van der Waals surface area contributed by atoms with Crippen molar-refractivity contribution in [2.24, 2.45) is 0 Å². The maximum Gasteiger partial charge on any atom is 0.246 e. The topological polar surface area (TPSA) is 58.6 Å². The number of carbonyl (C=O) groups excluding carboxylic acids is 1. The molecule has 0 aliphatic carbocycles. The Kier molecular flexibility index (Phi) is 5.66. The molecule has 0 heterocycles. The first kappa shape index (κ1) is 11.4. The van der Waals surface area contributed by atoms with E-state index in [1.165, 1.54) is 0 Å². The molecule has 0 aliphatic rings. The van der Waals surface area contributed by atoms with E-state index in [1.807, 2.05) is 13.8 Å². The van der Waals surface area contributed by atoms with Crippen molar-refractivity contribution in [2.75, 3.05) is 13.2 Å². The van der Waals surface area contributed by atoms with E-state index in [1.54, 1.807) is 6.92 Å². The van der Waals surface area contributed by atoms with Gasteiger partial charge in [0.15, 0.2) is 0 Å². The lowest BCUT2D eigenvalue weighted by Gasteiger charge is -2.09. The van der Waals surface area contributed by atoms with Gasteiger partial charge in [0.2, 0.25) is 5.91 Å². The van der Waals surface area contributed by atoms with Crippen LogP contribution in [0.1, 0.15) is 20.8 Å². The smallest absolute Gasteiger partial charge is 0.246 e. The third-order valence-corrected chi connectivity index (χ3v) is 1.14. The minimum atomic E-state index is -0.506. The fraction of sp³-hybridized carbons (Fsp3) is 0.875. The van der Waals surface area contributed by atoms with Crippen LogP contribution in [0.15, 0.2) is 0 Å². The number of hydrogen-bond donors (Lipinski definition) is 2. The average Bonchev–Trinajstić information content (AvgIpc) is 1.96. The highest BCUT2D eigenvalue weighted by molar-refractivity contribution is 5.77. The van der Waals surface area contributed by atoms with E-state index in [9.17, 15) is 4.79 Å². The summed E-state index contributed by atoms with van der Waals surface area (Å²) in [6, 6.07) is 0. The van der Waals surface area contributed by atoms with Crippen LogP contribution in [0.5, 0.6) is 0 Å². The average molecular weight is 175 g/mol. The number of aliphatic hydroxyl groups excluding tert-OH is 1. The van der Waals surface area contributed by atoms with Crippen molar-refractivity contribution in [1.29, 1.82) is 0 Å². The van der Waals surface area contributed by atoms with Crippen molar-refractivity contribution in [3.8, 4) is 0 Å². The Morgan fingerprint density at radius 3 is 2.50 bits per heavy atom. The summed E-state index contributed by atoms with van der Waals surface area (Å²) in [5.41, 5.74) is 0. The van der Waals surface area contributed by atoms with E-state index < -0.39 is 6.10 Å². The number of rotatable bonds is 5. The number of amides is 1. The van der Waals surface area contributed by atoms with Crippen molar-refractivity contribution in [2.45, 2.75) is 33.0 Å². The summed E-state index contributed by atoms with van der Waals surface area (Å²) in [7, 11) is 0. The molecule has 0 rings (SSSR count). The highest BCUT2D eigenvalue weighted by Gasteiger charge is 2.03. The molecular formula is C8H17NO3. The Bertz CT molecular complexity index is 120. The minimum absolute atomic E-state index is 0.0577. The lowest BCUT2D eigenvalue weighted by molar-refractivity contribution is -0.127. The Morgan fingerprint density at radius 1 is 1.50 bits per heavy atom. The molecule has 1 amide bonds. The monoisotopic (exact) mass is 175 g/mol. The summed E-state index contributed by atoms with van der Waals surface area (Å²) in [5.74, 6) is -0.190. The second kappa shape index (κ2) is 5.97. The van der Waals surface area contributed by atoms with Crippen molar-refractivity contribution >= 4 is 5.91 Å². The second-order valence-electron chi connectivity index (χ2n) is 3.01. The summed E-state index contributed by atoms with van der Waals surface area (Å²) in [6.45, 7) is 5.68. The molecule has 0 unspecified atom stereocenters. The van der Waals surface area contributed by atoms with E-state index >= 15 is 0 Å². The molecule has 0 bridgehead atoms. The van der Waals surface area contributed by atoms with Crippen LogP contribution < -0.4 is 5.32 Å². The van der Waals surface area contributed by atoms with Gasteiger partial charge < -0.3 is 15.2 Å². The molecule has 4 heteroatoms. The number of hydrogen-bond acceptors (Lipinski definition) is 3. The predicted octanol–water partition coefficient (Wildman–Crippen LogP) is -0.0916. The zero-order chi connectivity index (χ0) is 9.56. The first-order valence-electron chi connectivity index (χ1n) is 4.08. The van der Waals surface area contributed by atoms with E-state index in [0.717, 1.165) is 0 Å². The van der Waals surface area contributed by atoms with Crippen molar-refractivity contribution < 1.29 is 14.6 Å². The fourth-order valence-electron chi connectivity index (χ4n) is 0.555. The lowest BCUT2D eigenvalue weighted by atomic mass is 10.4. The molecule has 72 valence electrons. The largest absolute Gasteiger partial charge is 0.392 e. The highest BCUT2D eigenvalue weighted by atomic mass is 16.5. The highest BCUT2D eigenvalue weighted by Crippen LogP contribution is 1.86. The maximum atomic E-state index is 10.9. The van der Waals surface area contributed by atoms with E-state index in [2.05, 4.69) is 5.32 Å². The van der Waals surface area contributed by atoms with Gasteiger partial charge in [0.1, 0.15) is 6.61 Å². The Balaban J connectivity index is 3.34. The summed E-state index contributed by atoms with van der Waals surface area (Å²) in [6.07, 6.45) is -0.449. The van der Waals surface area contributed by atoms with E-state index in [-0.39, 0.29) is 25.2 Å². The molecule has 0 saturated carbocycles. The van der Waals surface area contributed by atoms with E-state index in [4.69, 9.17) is 9.84 Å². The molecule has 2 N–H and O–H groups in total. The van der Waals surface area contributed by atoms with Gasteiger partial charge in [-0.05, 0) is 20.8 Å². The van der Waals surface area contributed by atoms with Gasteiger partial charge in [-0.15, -0.1) is 0 Å². The minimum Gasteiger partial charge on any atom is -0.392 e. The summed E-state index contributed by atoms with van der Waals surface area (Å²) < 4.78 is 5.04. The van der Waals surface area contributed by atoms with Gasteiger partial charge in [0, 0.05) is 6.54 Å². The van der Waals surface area contributed by atoms with Gasteiger partial charge in [-0.1, -0.05) is 0 Å². The molecule has 0 aromatic rings. The van der Waals surface area contributed by atoms with Crippen LogP contribution in [-0.4, -0.2) is 36.4 Å². The van der Waals surface area contributed by atoms with Gasteiger partial charge in [-0.3, -0.25) is 4.79 Å².